The van der Waals surface area contributed by atoms with E-state index in [-0.39, 0.29) is 0 Å². The maximum absolute atomic E-state index is 5.87. The van der Waals surface area contributed by atoms with Crippen molar-refractivity contribution in [2.45, 2.75) is 39.3 Å². The quantitative estimate of drug-likeness (QED) is 0.351. The molecular formula is C14H20BrIN2OSi. The number of pyridine rings is 1. The molecule has 0 N–H and O–H groups in total. The Morgan fingerprint density at radius 3 is 2.75 bits per heavy atom. The summed E-state index contributed by atoms with van der Waals surface area (Å²) in [7, 11) is -1.02. The van der Waals surface area contributed by atoms with Crippen molar-refractivity contribution < 1.29 is 4.74 Å². The SMILES string of the molecule is Cc1c(I)c2cc(Br)cnc2n1COCC[Si](C)(C)C. The van der Waals surface area contributed by atoms with Crippen molar-refractivity contribution >= 4 is 57.6 Å². The van der Waals surface area contributed by atoms with Gasteiger partial charge in [-0.25, -0.2) is 4.98 Å². The van der Waals surface area contributed by atoms with E-state index in [1.54, 1.807) is 0 Å². The molecule has 0 unspecified atom stereocenters. The Kier molecular flexibility index (Phi) is 5.31. The summed E-state index contributed by atoms with van der Waals surface area (Å²) < 4.78 is 10.3. The van der Waals surface area contributed by atoms with Crippen LogP contribution in [0.1, 0.15) is 5.69 Å². The van der Waals surface area contributed by atoms with E-state index in [9.17, 15) is 0 Å². The molecule has 0 amide bonds. The Balaban J connectivity index is 2.16. The predicted molar refractivity (Wildman–Crippen MR) is 99.0 cm³/mol. The average molecular weight is 467 g/mol. The molecule has 0 saturated heterocycles. The van der Waals surface area contributed by atoms with E-state index < -0.39 is 8.07 Å². The van der Waals surface area contributed by atoms with E-state index in [1.165, 1.54) is 20.7 Å². The van der Waals surface area contributed by atoms with Gasteiger partial charge in [0.15, 0.2) is 0 Å². The number of halogens is 2. The number of hydrogen-bond donors (Lipinski definition) is 0. The third-order valence-electron chi connectivity index (χ3n) is 3.26. The lowest BCUT2D eigenvalue weighted by molar-refractivity contribution is 0.0885. The zero-order valence-electron chi connectivity index (χ0n) is 12.3. The van der Waals surface area contributed by atoms with Gasteiger partial charge in [-0.2, -0.15) is 0 Å². The lowest BCUT2D eigenvalue weighted by Crippen LogP contribution is -2.22. The van der Waals surface area contributed by atoms with Gasteiger partial charge in [0.1, 0.15) is 12.4 Å². The van der Waals surface area contributed by atoms with Gasteiger partial charge in [0.05, 0.1) is 0 Å². The molecule has 0 aromatic carbocycles. The smallest absolute Gasteiger partial charge is 0.143 e. The number of rotatable bonds is 5. The second kappa shape index (κ2) is 6.45. The normalized spacial score (nSPS) is 12.3. The first-order valence-corrected chi connectivity index (χ1v) is 12.2. The highest BCUT2D eigenvalue weighted by Gasteiger charge is 2.15. The minimum atomic E-state index is -1.02. The standard InChI is InChI=1S/C14H20BrIN2OSi/c1-10-13(16)12-7-11(15)8-17-14(12)18(10)9-19-5-6-20(2,3)4/h7-8H,5-6,9H2,1-4H3. The van der Waals surface area contributed by atoms with Gasteiger partial charge in [-0.15, -0.1) is 0 Å². The third-order valence-corrected chi connectivity index (χ3v) is 6.76. The second-order valence-electron chi connectivity index (χ2n) is 6.20. The van der Waals surface area contributed by atoms with Crippen LogP contribution in [-0.2, 0) is 11.5 Å². The molecular weight excluding hydrogens is 447 g/mol. The van der Waals surface area contributed by atoms with E-state index in [1.807, 2.05) is 6.20 Å². The van der Waals surface area contributed by atoms with Crippen LogP contribution in [-0.4, -0.2) is 24.2 Å². The number of nitrogens with zero attached hydrogens (tertiary/aromatic N) is 2. The van der Waals surface area contributed by atoms with Crippen LogP contribution in [0.4, 0.5) is 0 Å². The summed E-state index contributed by atoms with van der Waals surface area (Å²) in [5, 5.41) is 1.19. The number of aromatic nitrogens is 2. The molecule has 3 nitrogen and oxygen atoms in total. The predicted octanol–water partition coefficient (Wildman–Crippen LogP) is 5.02. The van der Waals surface area contributed by atoms with Gasteiger partial charge >= 0.3 is 0 Å². The van der Waals surface area contributed by atoms with Gasteiger partial charge in [-0.3, -0.25) is 0 Å². The molecule has 2 rings (SSSR count). The van der Waals surface area contributed by atoms with E-state index in [0.717, 1.165) is 16.7 Å². The van der Waals surface area contributed by atoms with Crippen LogP contribution in [0, 0.1) is 10.5 Å². The first-order chi connectivity index (χ1) is 9.29. The molecule has 0 radical (unpaired) electrons. The second-order valence-corrected chi connectivity index (χ2v) is 13.8. The fourth-order valence-corrected chi connectivity index (χ4v) is 3.75. The van der Waals surface area contributed by atoms with Gasteiger partial charge < -0.3 is 9.30 Å². The molecule has 0 spiro atoms. The first kappa shape index (κ1) is 16.4. The molecule has 0 bridgehead atoms. The van der Waals surface area contributed by atoms with Gasteiger partial charge in [-0.05, 0) is 57.6 Å². The summed E-state index contributed by atoms with van der Waals surface area (Å²) in [4.78, 5) is 4.53. The third kappa shape index (κ3) is 3.83. The number of fused-ring (bicyclic) bond motifs is 1. The largest absolute Gasteiger partial charge is 0.361 e. The van der Waals surface area contributed by atoms with E-state index in [4.69, 9.17) is 4.74 Å². The fourth-order valence-electron chi connectivity index (χ4n) is 1.97. The topological polar surface area (TPSA) is 27.1 Å². The lowest BCUT2D eigenvalue weighted by Gasteiger charge is -2.16. The molecule has 0 saturated carbocycles. The Bertz CT molecular complexity index is 622. The molecule has 0 fully saturated rings. The van der Waals surface area contributed by atoms with Crippen LogP contribution in [0.15, 0.2) is 16.7 Å². The van der Waals surface area contributed by atoms with Crippen molar-refractivity contribution in [1.82, 2.24) is 9.55 Å². The first-order valence-electron chi connectivity index (χ1n) is 6.67. The van der Waals surface area contributed by atoms with Crippen molar-refractivity contribution in [3.63, 3.8) is 0 Å². The molecule has 0 aliphatic heterocycles. The maximum Gasteiger partial charge on any atom is 0.143 e. The number of hydrogen-bond acceptors (Lipinski definition) is 2. The molecule has 0 aliphatic rings. The Labute approximate surface area is 143 Å². The van der Waals surface area contributed by atoms with Crippen LogP contribution in [0.2, 0.25) is 25.7 Å². The van der Waals surface area contributed by atoms with Crippen molar-refractivity contribution in [2.24, 2.45) is 0 Å². The minimum Gasteiger partial charge on any atom is -0.361 e. The molecule has 2 aromatic heterocycles. The van der Waals surface area contributed by atoms with Crippen LogP contribution in [0.3, 0.4) is 0 Å². The molecule has 110 valence electrons. The average Bonchev–Trinajstić information content (AvgIpc) is 2.58. The van der Waals surface area contributed by atoms with Crippen molar-refractivity contribution in [3.05, 3.63) is 26.0 Å². The van der Waals surface area contributed by atoms with Gasteiger partial charge in [0.25, 0.3) is 0 Å². The van der Waals surface area contributed by atoms with E-state index in [0.29, 0.717) is 6.73 Å². The summed E-state index contributed by atoms with van der Waals surface area (Å²) in [5.74, 6) is 0. The summed E-state index contributed by atoms with van der Waals surface area (Å²) in [6.07, 6.45) is 1.84. The van der Waals surface area contributed by atoms with E-state index in [2.05, 4.69) is 80.7 Å². The molecule has 0 aliphatic carbocycles. The molecule has 2 heterocycles. The maximum atomic E-state index is 5.87. The molecule has 6 heteroatoms. The highest BCUT2D eigenvalue weighted by atomic mass is 127. The van der Waals surface area contributed by atoms with Gasteiger partial charge in [0.2, 0.25) is 0 Å². The molecule has 0 atom stereocenters. The summed E-state index contributed by atoms with van der Waals surface area (Å²) in [5.41, 5.74) is 2.22. The summed E-state index contributed by atoms with van der Waals surface area (Å²) >= 11 is 5.87. The Morgan fingerprint density at radius 2 is 2.10 bits per heavy atom. The summed E-state index contributed by atoms with van der Waals surface area (Å²) in [6, 6.07) is 3.32. The zero-order chi connectivity index (χ0) is 14.9. The van der Waals surface area contributed by atoms with Crippen molar-refractivity contribution in [2.75, 3.05) is 6.61 Å². The zero-order valence-corrected chi connectivity index (χ0v) is 17.1. The minimum absolute atomic E-state index is 0.588. The van der Waals surface area contributed by atoms with Gasteiger partial charge in [0, 0.05) is 40.0 Å². The van der Waals surface area contributed by atoms with Crippen molar-refractivity contribution in [3.8, 4) is 0 Å². The molecule has 2 aromatic rings. The highest BCUT2D eigenvalue weighted by Crippen LogP contribution is 2.28. The monoisotopic (exact) mass is 466 g/mol. The van der Waals surface area contributed by atoms with Crippen LogP contribution < -0.4 is 0 Å². The van der Waals surface area contributed by atoms with E-state index >= 15 is 0 Å². The number of ether oxygens (including phenoxy) is 1. The molecule has 20 heavy (non-hydrogen) atoms. The summed E-state index contributed by atoms with van der Waals surface area (Å²) in [6.45, 7) is 10.7. The Hall–Kier alpha value is 0.0769. The van der Waals surface area contributed by atoms with Crippen LogP contribution in [0.25, 0.3) is 11.0 Å². The van der Waals surface area contributed by atoms with Crippen LogP contribution in [0.5, 0.6) is 0 Å². The Morgan fingerprint density at radius 1 is 1.40 bits per heavy atom. The highest BCUT2D eigenvalue weighted by molar-refractivity contribution is 14.1. The van der Waals surface area contributed by atoms with Gasteiger partial charge in [-0.1, -0.05) is 19.6 Å². The van der Waals surface area contributed by atoms with Crippen molar-refractivity contribution in [1.29, 1.82) is 0 Å². The van der Waals surface area contributed by atoms with Crippen LogP contribution >= 0.6 is 38.5 Å². The lowest BCUT2D eigenvalue weighted by atomic mass is 10.3. The fraction of sp³-hybridized carbons (Fsp3) is 0.500.